The molecule has 2 saturated carbocycles. The first-order valence-corrected chi connectivity index (χ1v) is 35.2. The Balaban J connectivity index is 0.899. The van der Waals surface area contributed by atoms with Crippen LogP contribution in [0.25, 0.3) is 54.3 Å². The van der Waals surface area contributed by atoms with Crippen molar-refractivity contribution in [2.24, 2.45) is 0 Å². The Hall–Kier alpha value is -8.58. The molecule has 12 aromatic rings. The van der Waals surface area contributed by atoms with Gasteiger partial charge in [0.05, 0.1) is 5.69 Å². The molecule has 2 fully saturated rings. The number of hydrogen-bond donors (Lipinski definition) is 0. The molecule has 454 valence electrons. The average Bonchev–Trinajstić information content (AvgIpc) is 1.33. The van der Waals surface area contributed by atoms with E-state index in [4.69, 9.17) is 4.42 Å². The number of rotatable bonds is 7. The van der Waals surface area contributed by atoms with Crippen LogP contribution in [0.15, 0.2) is 205 Å². The van der Waals surface area contributed by atoms with Gasteiger partial charge in [0, 0.05) is 82.1 Å². The Bertz CT molecular complexity index is 5000. The van der Waals surface area contributed by atoms with E-state index in [-0.39, 0.29) is 28.4 Å². The van der Waals surface area contributed by atoms with Crippen LogP contribution in [-0.4, -0.2) is 6.71 Å². The lowest BCUT2D eigenvalue weighted by Crippen LogP contribution is -2.60. The van der Waals surface area contributed by atoms with E-state index < -0.39 is 0 Å². The molecule has 4 aliphatic carbocycles. The SMILES string of the molecule is Cc1cc2c3c(c1)N(c1ccc4c(c1)C1(CCCC1)c1ccccc1-4)c1c(sc4cc5c(cc14)C(C)(C)CCC5(C)C)B3c1ccc(N(c3ccc(C(C)(C)C)cc3)c3ccccc3C3CCCCC3)cc1N2c1ccc(-c2cccc3c2oc2ccccc23)cc1. The lowest BCUT2D eigenvalue weighted by molar-refractivity contribution is 0.332. The number of fused-ring (bicyclic) bond motifs is 15. The highest BCUT2D eigenvalue weighted by atomic mass is 32.1. The summed E-state index contributed by atoms with van der Waals surface area (Å²) < 4.78 is 9.52. The minimum Gasteiger partial charge on any atom is -0.455 e. The highest BCUT2D eigenvalue weighted by Gasteiger charge is 2.49. The molecule has 0 unspecified atom stereocenters. The van der Waals surface area contributed by atoms with Gasteiger partial charge < -0.3 is 19.1 Å². The van der Waals surface area contributed by atoms with Gasteiger partial charge in [-0.15, -0.1) is 11.3 Å². The fourth-order valence-electron chi connectivity index (χ4n) is 18.2. The molecule has 0 saturated heterocycles. The zero-order valence-corrected chi connectivity index (χ0v) is 55.5. The van der Waals surface area contributed by atoms with Crippen LogP contribution in [0.3, 0.4) is 0 Å². The molecule has 0 amide bonds. The van der Waals surface area contributed by atoms with Crippen molar-refractivity contribution in [2.75, 3.05) is 14.7 Å². The summed E-state index contributed by atoms with van der Waals surface area (Å²) in [5.41, 5.74) is 30.9. The zero-order chi connectivity index (χ0) is 62.2. The van der Waals surface area contributed by atoms with Gasteiger partial charge >= 0.3 is 0 Å². The Labute approximate surface area is 547 Å². The first kappa shape index (κ1) is 56.2. The lowest BCUT2D eigenvalue weighted by Gasteiger charge is -2.44. The van der Waals surface area contributed by atoms with Gasteiger partial charge in [-0.1, -0.05) is 196 Å². The summed E-state index contributed by atoms with van der Waals surface area (Å²) in [7, 11) is 0. The summed E-state index contributed by atoms with van der Waals surface area (Å²) in [6.45, 7) is 19.3. The molecule has 4 heterocycles. The predicted molar refractivity (Wildman–Crippen MR) is 392 cm³/mol. The molecular weight excluding hydrogens is 1130 g/mol. The lowest BCUT2D eigenvalue weighted by atomic mass is 9.36. The number of aryl methyl sites for hydroxylation is 1. The monoisotopic (exact) mass is 1210 g/mol. The molecule has 2 aliphatic heterocycles. The molecule has 0 radical (unpaired) electrons. The third-order valence-electron chi connectivity index (χ3n) is 23.0. The van der Waals surface area contributed by atoms with Gasteiger partial charge in [0.15, 0.2) is 0 Å². The van der Waals surface area contributed by atoms with Crippen LogP contribution in [-0.2, 0) is 21.7 Å². The molecule has 4 nitrogen and oxygen atoms in total. The second kappa shape index (κ2) is 20.5. The van der Waals surface area contributed by atoms with E-state index in [1.54, 1.807) is 0 Å². The quantitative estimate of drug-likeness (QED) is 0.148. The van der Waals surface area contributed by atoms with Crippen molar-refractivity contribution in [3.05, 3.63) is 239 Å². The van der Waals surface area contributed by atoms with Crippen molar-refractivity contribution in [3.63, 3.8) is 0 Å². The number of thiophene rings is 1. The second-order valence-corrected chi connectivity index (χ2v) is 31.5. The summed E-state index contributed by atoms with van der Waals surface area (Å²) >= 11 is 2.06. The second-order valence-electron chi connectivity index (χ2n) is 30.5. The van der Waals surface area contributed by atoms with E-state index in [1.807, 2.05) is 0 Å². The van der Waals surface area contributed by atoms with Crippen molar-refractivity contribution in [2.45, 2.75) is 154 Å². The third-order valence-corrected chi connectivity index (χ3v) is 24.3. The predicted octanol–water partition coefficient (Wildman–Crippen LogP) is 22.9. The normalized spacial score (nSPS) is 17.5. The van der Waals surface area contributed by atoms with Gasteiger partial charge in [-0.05, 0) is 219 Å². The molecule has 0 N–H and O–H groups in total. The van der Waals surface area contributed by atoms with Crippen LogP contribution in [0.5, 0.6) is 0 Å². The Morgan fingerprint density at radius 1 is 0.522 bits per heavy atom. The summed E-state index contributed by atoms with van der Waals surface area (Å²) in [5.74, 6) is 0.505. The molecule has 0 atom stereocenters. The summed E-state index contributed by atoms with van der Waals surface area (Å²) in [6.07, 6.45) is 13.6. The van der Waals surface area contributed by atoms with Gasteiger partial charge in [-0.25, -0.2) is 0 Å². The number of nitrogens with zero attached hydrogens (tertiary/aromatic N) is 3. The maximum atomic E-state index is 6.71. The minimum absolute atomic E-state index is 0.0193. The van der Waals surface area contributed by atoms with Gasteiger partial charge in [0.1, 0.15) is 11.2 Å². The van der Waals surface area contributed by atoms with E-state index in [2.05, 4.69) is 282 Å². The van der Waals surface area contributed by atoms with Gasteiger partial charge in [0.2, 0.25) is 0 Å². The topological polar surface area (TPSA) is 22.9 Å². The van der Waals surface area contributed by atoms with Crippen LogP contribution < -0.4 is 30.4 Å². The smallest absolute Gasteiger partial charge is 0.264 e. The average molecular weight is 1210 g/mol. The molecule has 10 aromatic carbocycles. The highest BCUT2D eigenvalue weighted by Crippen LogP contribution is 2.60. The van der Waals surface area contributed by atoms with E-state index in [1.165, 1.54) is 186 Å². The molecule has 6 aliphatic rings. The molecule has 1 spiro atoms. The molecule has 0 bridgehead atoms. The number of anilines is 9. The number of hydrogen-bond acceptors (Lipinski definition) is 5. The van der Waals surface area contributed by atoms with Crippen molar-refractivity contribution in [3.8, 4) is 22.3 Å². The Morgan fingerprint density at radius 3 is 1.97 bits per heavy atom. The van der Waals surface area contributed by atoms with Crippen molar-refractivity contribution >= 4 is 117 Å². The van der Waals surface area contributed by atoms with E-state index in [0.717, 1.165) is 44.4 Å². The number of para-hydroxylation sites is 3. The van der Waals surface area contributed by atoms with Crippen molar-refractivity contribution in [1.82, 2.24) is 0 Å². The first-order chi connectivity index (χ1) is 44.6. The standard InChI is InChI=1S/C86H80BN3OS/c1-53-47-75-79-76(48-53)90(59-39-41-64-63-24-12-15-28-68(63)86(69(64)49-59)43-18-19-44-86)80-67-51-70-71(85(7,8)46-45-84(70,5)6)52-78(67)92-82(80)87(79)72-42-40-60(88(57-37-33-56(34-38-57)83(2,3)4)73-29-16-13-23-61(73)54-21-10-9-11-22-54)50-74(72)89(75)58-35-31-55(32-36-58)62-26-20-27-66-65-25-14-17-30-77(65)91-81(62)66/h12-17,20,23-42,47-52,54H,9-11,18-19,21-22,43-46H2,1-8H3. The van der Waals surface area contributed by atoms with Crippen LogP contribution in [0, 0.1) is 6.92 Å². The van der Waals surface area contributed by atoms with Gasteiger partial charge in [-0.3, -0.25) is 0 Å². The van der Waals surface area contributed by atoms with Gasteiger partial charge in [0.25, 0.3) is 6.71 Å². The van der Waals surface area contributed by atoms with E-state index in [9.17, 15) is 0 Å². The molecule has 6 heteroatoms. The van der Waals surface area contributed by atoms with Crippen LogP contribution in [0.2, 0.25) is 0 Å². The number of furan rings is 1. The number of benzene rings is 10. The molecule has 92 heavy (non-hydrogen) atoms. The minimum atomic E-state index is -0.0403. The van der Waals surface area contributed by atoms with E-state index in [0.29, 0.717) is 5.92 Å². The largest absolute Gasteiger partial charge is 0.455 e. The maximum absolute atomic E-state index is 6.71. The fraction of sp³-hybridized carbons (Fsp3) is 0.279. The zero-order valence-electron chi connectivity index (χ0n) is 54.6. The molecule has 18 rings (SSSR count). The summed E-state index contributed by atoms with van der Waals surface area (Å²) in [4.78, 5) is 8.01. The summed E-state index contributed by atoms with van der Waals surface area (Å²) in [6, 6.07) is 78.3. The first-order valence-electron chi connectivity index (χ1n) is 34.4. The highest BCUT2D eigenvalue weighted by molar-refractivity contribution is 7.33. The van der Waals surface area contributed by atoms with E-state index >= 15 is 0 Å². The van der Waals surface area contributed by atoms with Crippen LogP contribution >= 0.6 is 11.3 Å². The maximum Gasteiger partial charge on any atom is 0.264 e. The van der Waals surface area contributed by atoms with Gasteiger partial charge in [-0.2, -0.15) is 0 Å². The summed E-state index contributed by atoms with van der Waals surface area (Å²) in [5, 5.41) is 3.67. The Morgan fingerprint density at radius 2 is 1.18 bits per heavy atom. The third kappa shape index (κ3) is 8.40. The molecular formula is C86H80BN3OS. The molecule has 2 aromatic heterocycles. The van der Waals surface area contributed by atoms with Crippen molar-refractivity contribution in [1.29, 1.82) is 0 Å². The fourth-order valence-corrected chi connectivity index (χ4v) is 19.5. The van der Waals surface area contributed by atoms with Crippen molar-refractivity contribution < 1.29 is 4.42 Å². The van der Waals surface area contributed by atoms with Crippen LogP contribution in [0.1, 0.15) is 164 Å². The van der Waals surface area contributed by atoms with Crippen LogP contribution in [0.4, 0.5) is 51.2 Å². The Kier molecular flexibility index (Phi) is 12.5.